The minimum absolute atomic E-state index is 0.254. The number of aromatic nitrogens is 2. The molecule has 6 atom stereocenters. The molecule has 0 bridgehead atoms. The van der Waals surface area contributed by atoms with Crippen LogP contribution in [0, 0.1) is 17.8 Å². The highest BCUT2D eigenvalue weighted by Crippen LogP contribution is 2.60. The molecule has 1 aromatic heterocycles. The molecule has 0 spiro atoms. The first-order valence-corrected chi connectivity index (χ1v) is 14.1. The molecule has 2 fully saturated rings. The van der Waals surface area contributed by atoms with Gasteiger partial charge < -0.3 is 19.1 Å². The molecule has 0 aromatic carbocycles. The summed E-state index contributed by atoms with van der Waals surface area (Å²) in [6.07, 6.45) is 2.72. The van der Waals surface area contributed by atoms with Crippen molar-refractivity contribution in [2.75, 3.05) is 20.3 Å². The van der Waals surface area contributed by atoms with Crippen LogP contribution < -0.4 is 11.2 Å². The van der Waals surface area contributed by atoms with E-state index in [0.29, 0.717) is 0 Å². The van der Waals surface area contributed by atoms with Crippen LogP contribution in [-0.2, 0) is 37.1 Å². The van der Waals surface area contributed by atoms with Gasteiger partial charge in [-0.3, -0.25) is 32.7 Å². The van der Waals surface area contributed by atoms with E-state index in [-0.39, 0.29) is 13.0 Å². The molecule has 3 heterocycles. The molecular formula is C25H36N3O11P. The number of phosphoric acid groups is 1. The van der Waals surface area contributed by atoms with Gasteiger partial charge in [-0.15, -0.1) is 6.42 Å². The number of ether oxygens (including phenoxy) is 3. The number of rotatable bonds is 8. The lowest BCUT2D eigenvalue weighted by Gasteiger charge is -2.36. The number of fused-ring (bicyclic) bond motifs is 1. The highest BCUT2D eigenvalue weighted by atomic mass is 31.2. The topological polar surface area (TPSA) is 165 Å². The van der Waals surface area contributed by atoms with E-state index in [1.165, 1.54) is 13.2 Å². The number of H-pyrrole nitrogens is 1. The van der Waals surface area contributed by atoms with Gasteiger partial charge in [0.25, 0.3) is 5.56 Å². The second-order valence-corrected chi connectivity index (χ2v) is 12.6. The number of carbonyl (C=O) groups is 2. The minimum Gasteiger partial charge on any atom is -0.463 e. The first kappa shape index (κ1) is 31.6. The second kappa shape index (κ2) is 11.9. The van der Waals surface area contributed by atoms with Crippen molar-refractivity contribution in [2.45, 2.75) is 84.1 Å². The number of aromatic amines is 1. The molecule has 0 saturated carbocycles. The van der Waals surface area contributed by atoms with Crippen LogP contribution in [-0.4, -0.2) is 76.7 Å². The zero-order valence-corrected chi connectivity index (χ0v) is 24.5. The average Bonchev–Trinajstić information content (AvgIpc) is 3.11. The number of carbonyl (C=O) groups excluding carboxylic acids is 2. The van der Waals surface area contributed by atoms with Gasteiger partial charge in [0.1, 0.15) is 23.2 Å². The maximum Gasteiger partial charge on any atom is 0.475 e. The molecular weight excluding hydrogens is 549 g/mol. The van der Waals surface area contributed by atoms with Crippen molar-refractivity contribution in [1.82, 2.24) is 14.5 Å². The fourth-order valence-corrected chi connectivity index (χ4v) is 5.72. The van der Waals surface area contributed by atoms with Crippen LogP contribution in [0.5, 0.6) is 0 Å². The van der Waals surface area contributed by atoms with E-state index in [9.17, 15) is 23.7 Å². The Balaban J connectivity index is 1.80. The third-order valence-electron chi connectivity index (χ3n) is 6.22. The van der Waals surface area contributed by atoms with Gasteiger partial charge in [0.2, 0.25) is 0 Å². The SMILES string of the molecule is C#C[C@]1(C)[C@@H]2O[P@](=O)(OCC(CC(=O)OC(C)C)N(C)C(=O)OC(C)(C)C)OC[C@H]2O[C@H]1n1ccc(=O)[nH]c1=O. The molecule has 1 aromatic rings. The van der Waals surface area contributed by atoms with Crippen molar-refractivity contribution < 1.29 is 41.9 Å². The lowest BCUT2D eigenvalue weighted by atomic mass is 9.83. The summed E-state index contributed by atoms with van der Waals surface area (Å²) in [5, 5.41) is 0. The molecule has 2 aliphatic heterocycles. The summed E-state index contributed by atoms with van der Waals surface area (Å²) in [5.74, 6) is 1.96. The van der Waals surface area contributed by atoms with Crippen molar-refractivity contribution >= 4 is 19.9 Å². The number of phosphoric ester groups is 1. The number of nitrogens with one attached hydrogen (secondary N) is 1. The summed E-state index contributed by atoms with van der Waals surface area (Å²) in [6.45, 7) is 9.32. The Morgan fingerprint density at radius 3 is 2.60 bits per heavy atom. The molecule has 0 radical (unpaired) electrons. The molecule has 1 amide bonds. The molecule has 1 unspecified atom stereocenters. The van der Waals surface area contributed by atoms with Gasteiger partial charge in [-0.2, -0.15) is 0 Å². The van der Waals surface area contributed by atoms with E-state index in [4.69, 9.17) is 34.2 Å². The van der Waals surface area contributed by atoms with Crippen LogP contribution in [0.15, 0.2) is 21.9 Å². The Kier molecular flexibility index (Phi) is 9.38. The fraction of sp³-hybridized carbons (Fsp3) is 0.680. The van der Waals surface area contributed by atoms with Crippen LogP contribution in [0.25, 0.3) is 0 Å². The van der Waals surface area contributed by atoms with Crippen molar-refractivity contribution in [3.63, 3.8) is 0 Å². The highest BCUT2D eigenvalue weighted by molar-refractivity contribution is 7.48. The lowest BCUT2D eigenvalue weighted by molar-refractivity contribution is -0.149. The van der Waals surface area contributed by atoms with Crippen LogP contribution in [0.2, 0.25) is 0 Å². The van der Waals surface area contributed by atoms with Crippen LogP contribution >= 0.6 is 7.82 Å². The van der Waals surface area contributed by atoms with Crippen molar-refractivity contribution in [2.24, 2.45) is 5.41 Å². The second-order valence-electron chi connectivity index (χ2n) is 11.0. The third-order valence-corrected chi connectivity index (χ3v) is 7.64. The van der Waals surface area contributed by atoms with E-state index < -0.39 is 79.3 Å². The Morgan fingerprint density at radius 1 is 1.35 bits per heavy atom. The molecule has 3 rings (SSSR count). The largest absolute Gasteiger partial charge is 0.475 e. The first-order chi connectivity index (χ1) is 18.5. The summed E-state index contributed by atoms with van der Waals surface area (Å²) >= 11 is 0. The normalized spacial score (nSPS) is 28.8. The highest BCUT2D eigenvalue weighted by Gasteiger charge is 2.60. The summed E-state index contributed by atoms with van der Waals surface area (Å²) in [7, 11) is -2.89. The Labute approximate surface area is 231 Å². The number of amides is 1. The summed E-state index contributed by atoms with van der Waals surface area (Å²) < 4.78 is 48.0. The summed E-state index contributed by atoms with van der Waals surface area (Å²) in [5.41, 5.74) is -3.48. The smallest absolute Gasteiger partial charge is 0.463 e. The third kappa shape index (κ3) is 7.21. The van der Waals surface area contributed by atoms with Crippen molar-refractivity contribution in [3.8, 4) is 12.3 Å². The summed E-state index contributed by atoms with van der Waals surface area (Å²) in [4.78, 5) is 52.4. The lowest BCUT2D eigenvalue weighted by Crippen LogP contribution is -2.45. The summed E-state index contributed by atoms with van der Waals surface area (Å²) in [6, 6.07) is 0.184. The number of hydrogen-bond donors (Lipinski definition) is 1. The van der Waals surface area contributed by atoms with E-state index in [1.54, 1.807) is 41.5 Å². The quantitative estimate of drug-likeness (QED) is 0.270. The average molecular weight is 586 g/mol. The van der Waals surface area contributed by atoms with Crippen LogP contribution in [0.3, 0.4) is 0 Å². The zero-order chi connectivity index (χ0) is 30.0. The van der Waals surface area contributed by atoms with E-state index in [0.717, 1.165) is 15.5 Å². The van der Waals surface area contributed by atoms with Gasteiger partial charge in [-0.05, 0) is 41.5 Å². The number of esters is 1. The molecule has 1 N–H and O–H groups in total. The number of terminal acetylenes is 1. The number of likely N-dealkylation sites (N-methyl/N-ethyl adjacent to an activating group) is 1. The van der Waals surface area contributed by atoms with E-state index in [1.807, 2.05) is 0 Å². The Hall–Kier alpha value is -2.95. The van der Waals surface area contributed by atoms with Crippen LogP contribution in [0.1, 0.15) is 54.2 Å². The van der Waals surface area contributed by atoms with E-state index in [2.05, 4.69) is 10.9 Å². The fourth-order valence-electron chi connectivity index (χ4n) is 4.20. The molecule has 40 heavy (non-hydrogen) atoms. The van der Waals surface area contributed by atoms with Crippen molar-refractivity contribution in [3.05, 3.63) is 33.1 Å². The van der Waals surface area contributed by atoms with Crippen LogP contribution in [0.4, 0.5) is 4.79 Å². The predicted molar refractivity (Wildman–Crippen MR) is 140 cm³/mol. The maximum absolute atomic E-state index is 13.6. The van der Waals surface area contributed by atoms with Gasteiger partial charge in [-0.25, -0.2) is 14.2 Å². The van der Waals surface area contributed by atoms with Gasteiger partial charge in [0.15, 0.2) is 6.23 Å². The molecule has 2 aliphatic rings. The standard InChI is InChI=1S/C25H36N3O11P/c1-9-25(7)20-17(37-21(25)28-11-10-18(29)26-22(28)31)14-35-40(33,39-20)34-13-16(12-19(30)36-15(2)3)27(8)23(32)38-24(4,5)6/h1,10-11,15-17,20-21H,12-14H2,2-8H3,(H,26,29,31)/t16?,17-,20-,21-,25-,40-/m1/s1. The Morgan fingerprint density at radius 2 is 2.02 bits per heavy atom. The number of hydrogen-bond acceptors (Lipinski definition) is 11. The van der Waals surface area contributed by atoms with Gasteiger partial charge in [-0.1, -0.05) is 5.92 Å². The molecule has 2 saturated heterocycles. The number of nitrogens with zero attached hydrogens (tertiary/aromatic N) is 2. The predicted octanol–water partition coefficient (Wildman–Crippen LogP) is 2.19. The maximum atomic E-state index is 13.6. The van der Waals surface area contributed by atoms with Gasteiger partial charge >= 0.3 is 25.6 Å². The van der Waals surface area contributed by atoms with Crippen molar-refractivity contribution in [1.29, 1.82) is 0 Å². The zero-order valence-electron chi connectivity index (χ0n) is 23.6. The van der Waals surface area contributed by atoms with Gasteiger partial charge in [0.05, 0.1) is 31.8 Å². The molecule has 0 aliphatic carbocycles. The Bertz CT molecular complexity index is 1310. The van der Waals surface area contributed by atoms with Gasteiger partial charge in [0, 0.05) is 19.3 Å². The molecule has 15 heteroatoms. The first-order valence-electron chi connectivity index (χ1n) is 12.7. The minimum atomic E-state index is -4.30. The van der Waals surface area contributed by atoms with E-state index >= 15 is 0 Å². The monoisotopic (exact) mass is 585 g/mol. The molecule has 14 nitrogen and oxygen atoms in total. The molecule has 222 valence electrons.